The van der Waals surface area contributed by atoms with E-state index < -0.39 is 23.8 Å². The molecule has 10 heteroatoms. The number of hydrogen-bond acceptors (Lipinski definition) is 7. The van der Waals surface area contributed by atoms with Gasteiger partial charge in [-0.15, -0.1) is 0 Å². The first-order valence-electron chi connectivity index (χ1n) is 12.6. The average Bonchev–Trinajstić information content (AvgIpc) is 2.87. The van der Waals surface area contributed by atoms with E-state index in [2.05, 4.69) is 16.0 Å². The Balaban J connectivity index is 1.79. The van der Waals surface area contributed by atoms with E-state index in [0.717, 1.165) is 11.1 Å². The molecule has 2 rings (SSSR count). The van der Waals surface area contributed by atoms with Gasteiger partial charge in [-0.1, -0.05) is 38.1 Å². The number of carbonyl (C=O) groups excluding carboxylic acids is 3. The Morgan fingerprint density at radius 3 is 1.90 bits per heavy atom. The summed E-state index contributed by atoms with van der Waals surface area (Å²) in [5, 5.41) is 7.87. The molecule has 39 heavy (non-hydrogen) atoms. The van der Waals surface area contributed by atoms with Gasteiger partial charge in [0.15, 0.2) is 0 Å². The van der Waals surface area contributed by atoms with Crippen molar-refractivity contribution >= 4 is 30.2 Å². The van der Waals surface area contributed by atoms with Gasteiger partial charge in [0.25, 0.3) is 0 Å². The number of rotatable bonds is 11. The van der Waals surface area contributed by atoms with Crippen molar-refractivity contribution in [1.82, 2.24) is 16.0 Å². The number of nitrogens with one attached hydrogen (secondary N) is 3. The van der Waals surface area contributed by atoms with Gasteiger partial charge >= 0.3 is 12.2 Å². The molecule has 0 bridgehead atoms. The number of amides is 3. The number of methoxy groups -OCH3 is 2. The van der Waals surface area contributed by atoms with Crippen LogP contribution in [-0.4, -0.2) is 57.0 Å². The SMILES string of the molecule is COc1cc(C=Cc2ccc(OC(=O)NCCNC(=O)C(NC(=O)OC(C)(C)C)C(C)C)cc2)cc(OC)c1. The lowest BCUT2D eigenvalue weighted by Crippen LogP contribution is -2.51. The quantitative estimate of drug-likeness (QED) is 0.280. The summed E-state index contributed by atoms with van der Waals surface area (Å²) in [6.45, 7) is 9.17. The molecule has 0 aliphatic heterocycles. The zero-order valence-corrected chi connectivity index (χ0v) is 23.6. The largest absolute Gasteiger partial charge is 0.497 e. The minimum absolute atomic E-state index is 0.145. The first-order chi connectivity index (χ1) is 18.4. The molecule has 0 aromatic heterocycles. The Kier molecular flexibility index (Phi) is 11.7. The van der Waals surface area contributed by atoms with E-state index in [-0.39, 0.29) is 24.9 Å². The van der Waals surface area contributed by atoms with E-state index in [1.54, 1.807) is 53.2 Å². The highest BCUT2D eigenvalue weighted by molar-refractivity contribution is 5.86. The van der Waals surface area contributed by atoms with Crippen molar-refractivity contribution in [3.63, 3.8) is 0 Å². The van der Waals surface area contributed by atoms with Crippen LogP contribution in [0.2, 0.25) is 0 Å². The summed E-state index contributed by atoms with van der Waals surface area (Å²) in [7, 11) is 3.20. The Morgan fingerprint density at radius 1 is 0.795 bits per heavy atom. The van der Waals surface area contributed by atoms with E-state index in [4.69, 9.17) is 18.9 Å². The van der Waals surface area contributed by atoms with E-state index in [1.165, 1.54) is 0 Å². The summed E-state index contributed by atoms with van der Waals surface area (Å²) in [6, 6.07) is 11.8. The highest BCUT2D eigenvalue weighted by Crippen LogP contribution is 2.24. The number of hydrogen-bond donors (Lipinski definition) is 3. The second kappa shape index (κ2) is 14.7. The fourth-order valence-corrected chi connectivity index (χ4v) is 3.34. The van der Waals surface area contributed by atoms with Gasteiger partial charge in [0.2, 0.25) is 5.91 Å². The lowest BCUT2D eigenvalue weighted by molar-refractivity contribution is -0.124. The molecule has 10 nitrogen and oxygen atoms in total. The molecule has 2 aromatic carbocycles. The van der Waals surface area contributed by atoms with Crippen molar-refractivity contribution in [2.45, 2.75) is 46.3 Å². The first-order valence-corrected chi connectivity index (χ1v) is 12.6. The van der Waals surface area contributed by atoms with E-state index in [9.17, 15) is 14.4 Å². The number of carbonyl (C=O) groups is 3. The molecule has 1 atom stereocenters. The van der Waals surface area contributed by atoms with Gasteiger partial charge in [0.1, 0.15) is 28.9 Å². The molecule has 212 valence electrons. The lowest BCUT2D eigenvalue weighted by atomic mass is 10.0. The second-order valence-electron chi connectivity index (χ2n) is 10.0. The van der Waals surface area contributed by atoms with Crippen LogP contribution in [0.25, 0.3) is 12.2 Å². The Morgan fingerprint density at radius 2 is 1.36 bits per heavy atom. The summed E-state index contributed by atoms with van der Waals surface area (Å²) in [5.74, 6) is 1.23. The van der Waals surface area contributed by atoms with Crippen LogP contribution in [0.5, 0.6) is 17.2 Å². The van der Waals surface area contributed by atoms with Crippen molar-refractivity contribution in [2.75, 3.05) is 27.3 Å². The van der Waals surface area contributed by atoms with E-state index in [0.29, 0.717) is 17.2 Å². The molecule has 3 amide bonds. The molecule has 0 heterocycles. The smallest absolute Gasteiger partial charge is 0.412 e. The van der Waals surface area contributed by atoms with Crippen LogP contribution >= 0.6 is 0 Å². The minimum Gasteiger partial charge on any atom is -0.497 e. The predicted octanol–water partition coefficient (Wildman–Crippen LogP) is 4.63. The molecule has 0 fully saturated rings. The van der Waals surface area contributed by atoms with E-state index in [1.807, 2.05) is 50.3 Å². The minimum atomic E-state index is -0.773. The average molecular weight is 542 g/mol. The fourth-order valence-electron chi connectivity index (χ4n) is 3.34. The molecule has 0 aliphatic rings. The zero-order valence-electron chi connectivity index (χ0n) is 23.6. The van der Waals surface area contributed by atoms with Crippen molar-refractivity contribution in [3.05, 3.63) is 53.6 Å². The molecule has 0 saturated carbocycles. The summed E-state index contributed by atoms with van der Waals surface area (Å²) < 4.78 is 21.1. The zero-order chi connectivity index (χ0) is 29.0. The molecule has 0 radical (unpaired) electrons. The van der Waals surface area contributed by atoms with E-state index >= 15 is 0 Å². The van der Waals surface area contributed by atoms with Crippen LogP contribution in [-0.2, 0) is 9.53 Å². The van der Waals surface area contributed by atoms with Crippen LogP contribution in [0.1, 0.15) is 45.7 Å². The summed E-state index contributed by atoms with van der Waals surface area (Å²) in [5.41, 5.74) is 1.15. The van der Waals surface area contributed by atoms with Gasteiger partial charge in [-0.05, 0) is 62.1 Å². The van der Waals surface area contributed by atoms with Crippen LogP contribution in [0.3, 0.4) is 0 Å². The van der Waals surface area contributed by atoms with Crippen molar-refractivity contribution in [2.24, 2.45) is 5.92 Å². The van der Waals surface area contributed by atoms with Crippen LogP contribution < -0.4 is 30.2 Å². The van der Waals surface area contributed by atoms with Crippen LogP contribution in [0.15, 0.2) is 42.5 Å². The molecule has 2 aromatic rings. The van der Waals surface area contributed by atoms with Crippen molar-refractivity contribution in [3.8, 4) is 17.2 Å². The molecule has 0 spiro atoms. The van der Waals surface area contributed by atoms with Crippen molar-refractivity contribution in [1.29, 1.82) is 0 Å². The summed E-state index contributed by atoms with van der Waals surface area (Å²) >= 11 is 0. The second-order valence-corrected chi connectivity index (χ2v) is 10.0. The highest BCUT2D eigenvalue weighted by Gasteiger charge is 2.26. The monoisotopic (exact) mass is 541 g/mol. The number of alkyl carbamates (subject to hydrolysis) is 1. The maximum atomic E-state index is 12.5. The summed E-state index contributed by atoms with van der Waals surface area (Å²) in [4.78, 5) is 36.7. The fraction of sp³-hybridized carbons (Fsp3) is 0.414. The summed E-state index contributed by atoms with van der Waals surface area (Å²) in [6.07, 6.45) is 2.53. The van der Waals surface area contributed by atoms with Gasteiger partial charge in [-0.25, -0.2) is 9.59 Å². The van der Waals surface area contributed by atoms with Gasteiger partial charge in [-0.3, -0.25) is 4.79 Å². The van der Waals surface area contributed by atoms with Gasteiger partial charge in [0, 0.05) is 19.2 Å². The Bertz CT molecular complexity index is 1120. The standard InChI is InChI=1S/C29H39N3O7/c1-19(2)25(32-28(35)39-29(3,4)5)26(33)30-14-15-31-27(34)38-22-12-10-20(11-13-22)8-9-21-16-23(36-6)18-24(17-21)37-7/h8-13,16-19,25H,14-15H2,1-7H3,(H,30,33)(H,31,34)(H,32,35). The molecular weight excluding hydrogens is 502 g/mol. The topological polar surface area (TPSA) is 124 Å². The van der Waals surface area contributed by atoms with Crippen LogP contribution in [0.4, 0.5) is 9.59 Å². The van der Waals surface area contributed by atoms with Gasteiger partial charge < -0.3 is 34.9 Å². The van der Waals surface area contributed by atoms with Crippen molar-refractivity contribution < 1.29 is 33.3 Å². The molecule has 0 saturated heterocycles. The predicted molar refractivity (Wildman–Crippen MR) is 150 cm³/mol. The Hall–Kier alpha value is -4.21. The molecule has 3 N–H and O–H groups in total. The molecule has 1 unspecified atom stereocenters. The van der Waals surface area contributed by atoms with Gasteiger partial charge in [0.05, 0.1) is 14.2 Å². The maximum Gasteiger partial charge on any atom is 0.412 e. The lowest BCUT2D eigenvalue weighted by Gasteiger charge is -2.25. The molecule has 0 aliphatic carbocycles. The molecular formula is C29H39N3O7. The number of ether oxygens (including phenoxy) is 4. The third kappa shape index (κ3) is 11.4. The number of benzene rings is 2. The normalized spacial score (nSPS) is 12.0. The maximum absolute atomic E-state index is 12.5. The van der Waals surface area contributed by atoms with Gasteiger partial charge in [-0.2, -0.15) is 0 Å². The third-order valence-electron chi connectivity index (χ3n) is 5.25. The Labute approximate surface area is 230 Å². The first kappa shape index (κ1) is 31.0. The third-order valence-corrected chi connectivity index (χ3v) is 5.25. The van der Waals surface area contributed by atoms with Crippen LogP contribution in [0, 0.1) is 5.92 Å². The highest BCUT2D eigenvalue weighted by atomic mass is 16.6.